The summed E-state index contributed by atoms with van der Waals surface area (Å²) in [6, 6.07) is 5.76. The van der Waals surface area contributed by atoms with Gasteiger partial charge in [0.2, 0.25) is 11.8 Å². The van der Waals surface area contributed by atoms with E-state index < -0.39 is 70.8 Å². The second-order valence-corrected chi connectivity index (χ2v) is 9.35. The fourth-order valence-electron chi connectivity index (χ4n) is 4.55. The molecule has 0 saturated heterocycles. The van der Waals surface area contributed by atoms with E-state index in [1.807, 2.05) is 0 Å². The Bertz CT molecular complexity index is 1430. The van der Waals surface area contributed by atoms with Crippen molar-refractivity contribution in [1.29, 1.82) is 0 Å². The maximum Gasteiger partial charge on any atom is 0.328 e. The first-order valence-corrected chi connectivity index (χ1v) is 12.3. The number of carbonyl (C=O) groups excluding carboxylic acids is 8. The summed E-state index contributed by atoms with van der Waals surface area (Å²) in [7, 11) is 2.26. The molecule has 4 rings (SSSR count). The van der Waals surface area contributed by atoms with Crippen LogP contribution in [0.2, 0.25) is 0 Å². The Morgan fingerprint density at radius 2 is 0.951 bits per heavy atom. The average molecular weight is 565 g/mol. The van der Waals surface area contributed by atoms with Crippen LogP contribution in [0.4, 0.5) is 0 Å². The summed E-state index contributed by atoms with van der Waals surface area (Å²) in [6.45, 7) is 2.69. The van der Waals surface area contributed by atoms with Gasteiger partial charge in [0.15, 0.2) is 35.0 Å². The van der Waals surface area contributed by atoms with Crippen LogP contribution in [0.1, 0.15) is 55.3 Å². The van der Waals surface area contributed by atoms with Crippen molar-refractivity contribution in [3.05, 3.63) is 58.7 Å². The van der Waals surface area contributed by atoms with Crippen LogP contribution in [0.3, 0.4) is 0 Å². The zero-order chi connectivity index (χ0) is 30.2. The van der Waals surface area contributed by atoms with Crippen LogP contribution in [-0.4, -0.2) is 73.2 Å². The lowest BCUT2D eigenvalue weighted by Gasteiger charge is -2.13. The zero-order valence-corrected chi connectivity index (χ0v) is 22.3. The van der Waals surface area contributed by atoms with Gasteiger partial charge in [0.25, 0.3) is 0 Å². The Morgan fingerprint density at radius 1 is 0.610 bits per heavy atom. The molecule has 41 heavy (non-hydrogen) atoms. The summed E-state index contributed by atoms with van der Waals surface area (Å²) < 4.78 is 14.8. The minimum atomic E-state index is -1.68. The topological polar surface area (TPSA) is 188 Å². The number of carbonyl (C=O) groups is 8. The Kier molecular flexibility index (Phi) is 7.81. The molecule has 0 saturated carbocycles. The SMILES string of the molecule is COC(=O)[C@H](C)NC(=O)C1C(=O)c2ccc(Oc3ccc4c(c3)C(=O)C(C(=O)N[C@@H](C)C(=O)OC)C4=O)cc2C1=O. The third-order valence-corrected chi connectivity index (χ3v) is 6.68. The van der Waals surface area contributed by atoms with Crippen LogP contribution in [0.15, 0.2) is 36.4 Å². The average Bonchev–Trinajstić information content (AvgIpc) is 3.35. The standard InChI is InChI=1S/C28H24N2O11/c1-11(27(37)39-3)29-25(35)19-21(31)15-7-5-13(9-17(15)23(19)33)41-14-6-8-16-18(10-14)24(34)20(22(16)32)26(36)30-12(2)28(38)40-4/h5-12,19-20H,1-4H3,(H,29,35)(H,30,36)/t11-,12-,19?,20?/m0/s1. The summed E-state index contributed by atoms with van der Waals surface area (Å²) in [6.07, 6.45) is 0. The van der Waals surface area contributed by atoms with Gasteiger partial charge in [-0.2, -0.15) is 0 Å². The Morgan fingerprint density at radius 3 is 1.29 bits per heavy atom. The fourth-order valence-corrected chi connectivity index (χ4v) is 4.55. The number of rotatable bonds is 8. The van der Waals surface area contributed by atoms with Crippen molar-refractivity contribution >= 4 is 46.9 Å². The van der Waals surface area contributed by atoms with Gasteiger partial charge in [-0.1, -0.05) is 0 Å². The number of nitrogens with one attached hydrogen (secondary N) is 2. The zero-order valence-electron chi connectivity index (χ0n) is 22.3. The second kappa shape index (κ2) is 11.1. The molecule has 0 heterocycles. The lowest BCUT2D eigenvalue weighted by atomic mass is 10.0. The van der Waals surface area contributed by atoms with Crippen molar-refractivity contribution in [3.8, 4) is 11.5 Å². The summed E-state index contributed by atoms with van der Waals surface area (Å²) in [5.74, 6) is -9.61. The molecular weight excluding hydrogens is 540 g/mol. The molecule has 2 N–H and O–H groups in total. The number of fused-ring (bicyclic) bond motifs is 2. The van der Waals surface area contributed by atoms with Crippen molar-refractivity contribution in [3.63, 3.8) is 0 Å². The van der Waals surface area contributed by atoms with Gasteiger partial charge in [-0.05, 0) is 50.2 Å². The van der Waals surface area contributed by atoms with Crippen LogP contribution in [0.5, 0.6) is 11.5 Å². The number of amides is 2. The van der Waals surface area contributed by atoms with Gasteiger partial charge < -0.3 is 24.8 Å². The summed E-state index contributed by atoms with van der Waals surface area (Å²) >= 11 is 0. The Hall–Kier alpha value is -5.20. The lowest BCUT2D eigenvalue weighted by molar-refractivity contribution is -0.145. The van der Waals surface area contributed by atoms with Crippen LogP contribution in [-0.2, 0) is 28.7 Å². The minimum absolute atomic E-state index is 0.00186. The van der Waals surface area contributed by atoms with Crippen molar-refractivity contribution < 1.29 is 52.6 Å². The van der Waals surface area contributed by atoms with E-state index in [0.29, 0.717) is 0 Å². The minimum Gasteiger partial charge on any atom is -0.467 e. The maximum absolute atomic E-state index is 12.9. The highest BCUT2D eigenvalue weighted by molar-refractivity contribution is 6.36. The first-order chi connectivity index (χ1) is 19.4. The quantitative estimate of drug-likeness (QED) is 0.341. The molecule has 2 amide bonds. The van der Waals surface area contributed by atoms with E-state index in [1.165, 1.54) is 50.2 Å². The molecule has 2 aromatic carbocycles. The molecule has 2 unspecified atom stereocenters. The van der Waals surface area contributed by atoms with E-state index in [2.05, 4.69) is 20.1 Å². The molecule has 13 heteroatoms. The van der Waals surface area contributed by atoms with Crippen LogP contribution < -0.4 is 15.4 Å². The molecule has 13 nitrogen and oxygen atoms in total. The first-order valence-electron chi connectivity index (χ1n) is 12.3. The molecule has 4 atom stereocenters. The second-order valence-electron chi connectivity index (χ2n) is 9.35. The molecular formula is C28H24N2O11. The molecule has 0 aliphatic heterocycles. The molecule has 2 aromatic rings. The van der Waals surface area contributed by atoms with Gasteiger partial charge in [-0.25, -0.2) is 9.59 Å². The first kappa shape index (κ1) is 28.8. The smallest absolute Gasteiger partial charge is 0.328 e. The highest BCUT2D eigenvalue weighted by atomic mass is 16.5. The summed E-state index contributed by atoms with van der Waals surface area (Å²) in [4.78, 5) is 99.8. The fraction of sp³-hybridized carbons (Fsp3) is 0.286. The molecule has 0 bridgehead atoms. The highest BCUT2D eigenvalue weighted by Gasteiger charge is 2.45. The number of methoxy groups -OCH3 is 2. The normalized spacial score (nSPS) is 18.6. The summed E-state index contributed by atoms with van der Waals surface area (Å²) in [5.41, 5.74) is -0.138. The van der Waals surface area contributed by atoms with E-state index in [9.17, 15) is 38.4 Å². The third kappa shape index (κ3) is 5.21. The molecule has 0 radical (unpaired) electrons. The molecule has 0 aromatic heterocycles. The molecule has 0 spiro atoms. The van der Waals surface area contributed by atoms with E-state index in [0.717, 1.165) is 14.2 Å². The molecule has 212 valence electrons. The lowest BCUT2D eigenvalue weighted by Crippen LogP contribution is -2.45. The van der Waals surface area contributed by atoms with E-state index in [-0.39, 0.29) is 33.8 Å². The van der Waals surface area contributed by atoms with Gasteiger partial charge in [0.05, 0.1) is 14.2 Å². The number of ether oxygens (including phenoxy) is 3. The molecule has 2 aliphatic carbocycles. The molecule has 0 fully saturated rings. The van der Waals surface area contributed by atoms with Gasteiger partial charge >= 0.3 is 11.9 Å². The van der Waals surface area contributed by atoms with Crippen molar-refractivity contribution in [2.45, 2.75) is 25.9 Å². The molecule has 2 aliphatic rings. The van der Waals surface area contributed by atoms with Crippen LogP contribution >= 0.6 is 0 Å². The van der Waals surface area contributed by atoms with Crippen molar-refractivity contribution in [2.75, 3.05) is 14.2 Å². The number of hydrogen-bond acceptors (Lipinski definition) is 11. The predicted molar refractivity (Wildman–Crippen MR) is 137 cm³/mol. The monoisotopic (exact) mass is 564 g/mol. The number of Topliss-reactive ketones (excluding diaryl/α,β-unsaturated/α-hetero) is 4. The van der Waals surface area contributed by atoms with Gasteiger partial charge in [-0.15, -0.1) is 0 Å². The Balaban J connectivity index is 1.51. The van der Waals surface area contributed by atoms with E-state index in [4.69, 9.17) is 4.74 Å². The number of ketones is 4. The van der Waals surface area contributed by atoms with Gasteiger partial charge in [0.1, 0.15) is 23.6 Å². The van der Waals surface area contributed by atoms with Gasteiger partial charge in [0, 0.05) is 22.3 Å². The number of esters is 2. The van der Waals surface area contributed by atoms with Crippen LogP contribution in [0, 0.1) is 11.8 Å². The Labute approximate surface area is 232 Å². The van der Waals surface area contributed by atoms with Crippen molar-refractivity contribution in [1.82, 2.24) is 10.6 Å². The largest absolute Gasteiger partial charge is 0.467 e. The number of hydrogen-bond donors (Lipinski definition) is 2. The number of benzene rings is 2. The summed E-state index contributed by atoms with van der Waals surface area (Å²) in [5, 5.41) is 4.57. The van der Waals surface area contributed by atoms with E-state index in [1.54, 1.807) is 0 Å². The van der Waals surface area contributed by atoms with Crippen molar-refractivity contribution in [2.24, 2.45) is 11.8 Å². The van der Waals surface area contributed by atoms with Gasteiger partial charge in [-0.3, -0.25) is 28.8 Å². The maximum atomic E-state index is 12.9. The van der Waals surface area contributed by atoms with Crippen LogP contribution in [0.25, 0.3) is 0 Å². The highest BCUT2D eigenvalue weighted by Crippen LogP contribution is 2.35. The van der Waals surface area contributed by atoms with E-state index >= 15 is 0 Å². The predicted octanol–water partition coefficient (Wildman–Crippen LogP) is 0.825. The third-order valence-electron chi connectivity index (χ3n) is 6.68.